The molecule has 1 aromatic rings. The number of carbonyl (C=O) groups excluding carboxylic acids is 1. The molecule has 0 spiro atoms. The van der Waals surface area contributed by atoms with Crippen LogP contribution in [0.4, 0.5) is 0 Å². The second kappa shape index (κ2) is 5.31. The van der Waals surface area contributed by atoms with Crippen molar-refractivity contribution >= 4 is 17.2 Å². The van der Waals surface area contributed by atoms with Crippen molar-refractivity contribution in [1.29, 1.82) is 0 Å². The molecule has 15 heavy (non-hydrogen) atoms. The molecule has 0 fully saturated rings. The first kappa shape index (κ1) is 12.2. The van der Waals surface area contributed by atoms with Gasteiger partial charge in [0.2, 0.25) is 5.91 Å². The Bertz CT molecular complexity index is 303. The van der Waals surface area contributed by atoms with Crippen LogP contribution in [-0.2, 0) is 4.79 Å². The van der Waals surface area contributed by atoms with Crippen molar-refractivity contribution in [3.8, 4) is 0 Å². The molecule has 0 radical (unpaired) electrons. The highest BCUT2D eigenvalue weighted by molar-refractivity contribution is 7.10. The summed E-state index contributed by atoms with van der Waals surface area (Å²) in [6.07, 6.45) is 0. The summed E-state index contributed by atoms with van der Waals surface area (Å²) in [5, 5.41) is 5.14. The third-order valence-electron chi connectivity index (χ3n) is 2.34. The maximum Gasteiger partial charge on any atom is 0.223 e. The SMILES string of the molecule is CC(C)C(=O)NC(c1cccs1)C(C)C. The van der Waals surface area contributed by atoms with Crippen LogP contribution in [0.1, 0.15) is 38.6 Å². The van der Waals surface area contributed by atoms with E-state index < -0.39 is 0 Å². The topological polar surface area (TPSA) is 29.1 Å². The Morgan fingerprint density at radius 2 is 2.00 bits per heavy atom. The number of carbonyl (C=O) groups is 1. The fourth-order valence-corrected chi connectivity index (χ4v) is 2.30. The van der Waals surface area contributed by atoms with Crippen LogP contribution < -0.4 is 5.32 Å². The van der Waals surface area contributed by atoms with Gasteiger partial charge in [0.15, 0.2) is 0 Å². The molecular weight excluding hydrogens is 206 g/mol. The molecule has 1 atom stereocenters. The van der Waals surface area contributed by atoms with Crippen LogP contribution in [0, 0.1) is 11.8 Å². The number of nitrogens with one attached hydrogen (secondary N) is 1. The maximum absolute atomic E-state index is 11.6. The minimum absolute atomic E-state index is 0.0474. The minimum atomic E-state index is 0.0474. The van der Waals surface area contributed by atoms with Crippen LogP contribution in [0.5, 0.6) is 0 Å². The van der Waals surface area contributed by atoms with Gasteiger partial charge in [-0.05, 0) is 17.4 Å². The van der Waals surface area contributed by atoms with Gasteiger partial charge in [0.1, 0.15) is 0 Å². The van der Waals surface area contributed by atoms with Crippen molar-refractivity contribution in [1.82, 2.24) is 5.32 Å². The number of thiophene rings is 1. The van der Waals surface area contributed by atoms with Gasteiger partial charge < -0.3 is 5.32 Å². The van der Waals surface area contributed by atoms with Crippen molar-refractivity contribution in [2.24, 2.45) is 11.8 Å². The van der Waals surface area contributed by atoms with Crippen molar-refractivity contribution < 1.29 is 4.79 Å². The largest absolute Gasteiger partial charge is 0.348 e. The zero-order valence-electron chi connectivity index (χ0n) is 9.78. The van der Waals surface area contributed by atoms with E-state index in [9.17, 15) is 4.79 Å². The summed E-state index contributed by atoms with van der Waals surface area (Å²) in [7, 11) is 0. The molecule has 1 amide bonds. The molecule has 1 heterocycles. The zero-order chi connectivity index (χ0) is 11.4. The van der Waals surface area contributed by atoms with Crippen molar-refractivity contribution in [2.45, 2.75) is 33.7 Å². The molecular formula is C12H19NOS. The lowest BCUT2D eigenvalue weighted by Crippen LogP contribution is -2.34. The average molecular weight is 225 g/mol. The third kappa shape index (κ3) is 3.34. The van der Waals surface area contributed by atoms with Gasteiger partial charge in [0.05, 0.1) is 6.04 Å². The van der Waals surface area contributed by atoms with Gasteiger partial charge in [-0.2, -0.15) is 0 Å². The third-order valence-corrected chi connectivity index (χ3v) is 3.29. The smallest absolute Gasteiger partial charge is 0.223 e. The van der Waals surface area contributed by atoms with E-state index in [2.05, 4.69) is 25.2 Å². The van der Waals surface area contributed by atoms with Gasteiger partial charge >= 0.3 is 0 Å². The normalized spacial score (nSPS) is 13.2. The fraction of sp³-hybridized carbons (Fsp3) is 0.583. The fourth-order valence-electron chi connectivity index (χ4n) is 1.35. The summed E-state index contributed by atoms with van der Waals surface area (Å²) in [5.74, 6) is 0.597. The van der Waals surface area contributed by atoms with Crippen molar-refractivity contribution in [3.05, 3.63) is 22.4 Å². The first-order chi connectivity index (χ1) is 7.02. The Labute approximate surface area is 95.7 Å². The zero-order valence-corrected chi connectivity index (χ0v) is 10.6. The van der Waals surface area contributed by atoms with Crippen molar-refractivity contribution in [3.63, 3.8) is 0 Å². The predicted molar refractivity (Wildman–Crippen MR) is 64.9 cm³/mol. The Morgan fingerprint density at radius 3 is 2.40 bits per heavy atom. The number of amides is 1. The summed E-state index contributed by atoms with van der Waals surface area (Å²) < 4.78 is 0. The Morgan fingerprint density at radius 1 is 1.33 bits per heavy atom. The molecule has 0 aliphatic rings. The first-order valence-electron chi connectivity index (χ1n) is 5.36. The van der Waals surface area contributed by atoms with Gasteiger partial charge in [0, 0.05) is 10.8 Å². The van der Waals surface area contributed by atoms with Gasteiger partial charge in [-0.3, -0.25) is 4.79 Å². The van der Waals surface area contributed by atoms with Crippen LogP contribution in [0.15, 0.2) is 17.5 Å². The quantitative estimate of drug-likeness (QED) is 0.837. The van der Waals surface area contributed by atoms with Crippen LogP contribution in [-0.4, -0.2) is 5.91 Å². The molecule has 1 unspecified atom stereocenters. The van der Waals surface area contributed by atoms with Crippen LogP contribution >= 0.6 is 11.3 Å². The average Bonchev–Trinajstić information content (AvgIpc) is 2.65. The van der Waals surface area contributed by atoms with E-state index in [1.54, 1.807) is 11.3 Å². The van der Waals surface area contributed by atoms with E-state index in [0.717, 1.165) is 0 Å². The minimum Gasteiger partial charge on any atom is -0.348 e. The Kier molecular flexibility index (Phi) is 4.33. The summed E-state index contributed by atoms with van der Waals surface area (Å²) in [5.41, 5.74) is 0. The molecule has 0 aromatic carbocycles. The molecule has 0 saturated heterocycles. The van der Waals surface area contributed by atoms with E-state index in [4.69, 9.17) is 0 Å². The standard InChI is InChI=1S/C12H19NOS/c1-8(2)11(10-6-5-7-15-10)13-12(14)9(3)4/h5-9,11H,1-4H3,(H,13,14). The highest BCUT2D eigenvalue weighted by atomic mass is 32.1. The molecule has 3 heteroatoms. The van der Waals surface area contributed by atoms with E-state index in [1.165, 1.54) is 4.88 Å². The molecule has 0 aliphatic heterocycles. The first-order valence-corrected chi connectivity index (χ1v) is 6.24. The van der Waals surface area contributed by atoms with E-state index >= 15 is 0 Å². The van der Waals surface area contributed by atoms with E-state index in [1.807, 2.05) is 25.3 Å². The van der Waals surface area contributed by atoms with Crippen LogP contribution in [0.25, 0.3) is 0 Å². The molecule has 84 valence electrons. The summed E-state index contributed by atoms with van der Waals surface area (Å²) >= 11 is 1.70. The number of hydrogen-bond donors (Lipinski definition) is 1. The Hall–Kier alpha value is -0.830. The molecule has 0 bridgehead atoms. The molecule has 0 aliphatic carbocycles. The summed E-state index contributed by atoms with van der Waals surface area (Å²) in [4.78, 5) is 12.9. The second-order valence-corrected chi connectivity index (χ2v) is 5.38. The van der Waals surface area contributed by atoms with Crippen LogP contribution in [0.3, 0.4) is 0 Å². The molecule has 1 aromatic heterocycles. The lowest BCUT2D eigenvalue weighted by atomic mass is 10.0. The number of hydrogen-bond acceptors (Lipinski definition) is 2. The van der Waals surface area contributed by atoms with Gasteiger partial charge in [-0.1, -0.05) is 33.8 Å². The Balaban J connectivity index is 2.72. The van der Waals surface area contributed by atoms with Gasteiger partial charge in [-0.15, -0.1) is 11.3 Å². The second-order valence-electron chi connectivity index (χ2n) is 4.40. The van der Waals surface area contributed by atoms with Crippen LogP contribution in [0.2, 0.25) is 0 Å². The molecule has 1 rings (SSSR count). The van der Waals surface area contributed by atoms with Gasteiger partial charge in [-0.25, -0.2) is 0 Å². The molecule has 2 nitrogen and oxygen atoms in total. The van der Waals surface area contributed by atoms with Crippen molar-refractivity contribution in [2.75, 3.05) is 0 Å². The highest BCUT2D eigenvalue weighted by Gasteiger charge is 2.20. The lowest BCUT2D eigenvalue weighted by Gasteiger charge is -2.22. The molecule has 0 saturated carbocycles. The van der Waals surface area contributed by atoms with Gasteiger partial charge in [0.25, 0.3) is 0 Å². The summed E-state index contributed by atoms with van der Waals surface area (Å²) in [6, 6.07) is 4.26. The van der Waals surface area contributed by atoms with E-state index in [-0.39, 0.29) is 17.9 Å². The van der Waals surface area contributed by atoms with E-state index in [0.29, 0.717) is 5.92 Å². The monoisotopic (exact) mass is 225 g/mol. The number of rotatable bonds is 4. The predicted octanol–water partition coefficient (Wildman–Crippen LogP) is 3.22. The lowest BCUT2D eigenvalue weighted by molar-refractivity contribution is -0.125. The maximum atomic E-state index is 11.6. The summed E-state index contributed by atoms with van der Waals surface area (Å²) in [6.45, 7) is 8.10. The highest BCUT2D eigenvalue weighted by Crippen LogP contribution is 2.25. The molecule has 1 N–H and O–H groups in total.